The summed E-state index contributed by atoms with van der Waals surface area (Å²) in [5.74, 6) is -0.741. The van der Waals surface area contributed by atoms with Crippen LogP contribution in [0.2, 0.25) is 0 Å². The molecule has 4 aliphatic rings. The molecule has 4 heterocycles. The van der Waals surface area contributed by atoms with Gasteiger partial charge in [0.1, 0.15) is 13.6 Å². The zero-order valence-corrected chi connectivity index (χ0v) is 31.1. The number of para-hydroxylation sites is 1. The first-order valence-electron chi connectivity index (χ1n) is 19.2. The molecule has 2 aromatic carbocycles. The van der Waals surface area contributed by atoms with Gasteiger partial charge in [-0.2, -0.15) is 0 Å². The number of nitrogens with zero attached hydrogens (tertiary/aromatic N) is 5. The van der Waals surface area contributed by atoms with Gasteiger partial charge in [0.15, 0.2) is 6.10 Å². The van der Waals surface area contributed by atoms with Crippen molar-refractivity contribution in [2.75, 3.05) is 70.8 Å². The molecule has 288 valence electrons. The molecular weight excluding hydrogens is 691 g/mol. The van der Waals surface area contributed by atoms with E-state index in [1.54, 1.807) is 33.8 Å². The van der Waals surface area contributed by atoms with Gasteiger partial charge in [-0.3, -0.25) is 19.3 Å². The molecule has 0 saturated carbocycles. The maximum atomic E-state index is 14.1. The summed E-state index contributed by atoms with van der Waals surface area (Å²) in [5.41, 5.74) is 2.76. The number of hydrogen-bond acceptors (Lipinski definition) is 9. The van der Waals surface area contributed by atoms with Crippen LogP contribution in [0.3, 0.4) is 0 Å². The molecule has 2 N–H and O–H groups in total. The molecule has 15 heteroatoms. The number of urea groups is 1. The number of benzene rings is 2. The predicted molar refractivity (Wildman–Crippen MR) is 202 cm³/mol. The highest BCUT2D eigenvalue weighted by Crippen LogP contribution is 2.26. The van der Waals surface area contributed by atoms with Crippen molar-refractivity contribution in [3.05, 3.63) is 53.6 Å². The van der Waals surface area contributed by atoms with Crippen LogP contribution in [0.1, 0.15) is 56.6 Å². The lowest BCUT2D eigenvalue weighted by atomic mass is 9.91. The number of aromatic hydroxyl groups is 1. The van der Waals surface area contributed by atoms with E-state index in [1.165, 1.54) is 6.07 Å². The zero-order valence-electron chi connectivity index (χ0n) is 31.1. The Labute approximate surface area is 318 Å². The molecule has 54 heavy (non-hydrogen) atoms. The molecule has 0 aliphatic carbocycles. The standard InChI is InChI=1S/C39H51BN6O8/c1-2-53-36(49)10-9-35(48)43-23-21-42(22-24-43)29-12-16-44(17-13-29)37(50)34(26-27-7-8-33(47)31(40)25-27)54-39(52)45-18-14-30(15-19-45)46-20-11-28-5-3-4-6-32(28)41-38(46)51/h3-8,25,29-30,34,47H,2,9-24,26H2,1H3,(H,41,51)/t34-/m1/s1. The number of likely N-dealkylation sites (tertiary alicyclic amines) is 2. The summed E-state index contributed by atoms with van der Waals surface area (Å²) in [6, 6.07) is 12.6. The van der Waals surface area contributed by atoms with Crippen molar-refractivity contribution in [3.8, 4) is 5.75 Å². The minimum absolute atomic E-state index is 0.0261. The van der Waals surface area contributed by atoms with Gasteiger partial charge in [-0.1, -0.05) is 35.8 Å². The highest BCUT2D eigenvalue weighted by molar-refractivity contribution is 6.34. The Morgan fingerprint density at radius 3 is 2.24 bits per heavy atom. The topological polar surface area (TPSA) is 152 Å². The van der Waals surface area contributed by atoms with Gasteiger partial charge in [0.05, 0.1) is 13.0 Å². The summed E-state index contributed by atoms with van der Waals surface area (Å²) in [5, 5.41) is 13.0. The van der Waals surface area contributed by atoms with Crippen molar-refractivity contribution in [1.29, 1.82) is 0 Å². The minimum Gasteiger partial charge on any atom is -0.509 e. The van der Waals surface area contributed by atoms with Crippen LogP contribution >= 0.6 is 0 Å². The number of rotatable bonds is 10. The third kappa shape index (κ3) is 9.65. The van der Waals surface area contributed by atoms with Crippen molar-refractivity contribution in [2.24, 2.45) is 0 Å². The van der Waals surface area contributed by atoms with Crippen LogP contribution < -0.4 is 10.8 Å². The van der Waals surface area contributed by atoms with Crippen LogP contribution in [0.5, 0.6) is 5.75 Å². The van der Waals surface area contributed by atoms with Crippen molar-refractivity contribution in [1.82, 2.24) is 24.5 Å². The normalized spacial score (nSPS) is 19.4. The summed E-state index contributed by atoms with van der Waals surface area (Å²) in [4.78, 5) is 74.5. The van der Waals surface area contributed by atoms with E-state index in [9.17, 15) is 29.1 Å². The Morgan fingerprint density at radius 2 is 1.54 bits per heavy atom. The third-order valence-corrected chi connectivity index (χ3v) is 11.1. The summed E-state index contributed by atoms with van der Waals surface area (Å²) in [7, 11) is 5.96. The Kier molecular flexibility index (Phi) is 13.0. The number of ether oxygens (including phenoxy) is 2. The van der Waals surface area contributed by atoms with Gasteiger partial charge in [0.25, 0.3) is 5.91 Å². The Bertz CT molecular complexity index is 1670. The number of fused-ring (bicyclic) bond motifs is 1. The fourth-order valence-corrected chi connectivity index (χ4v) is 8.01. The number of phenols is 1. The van der Waals surface area contributed by atoms with Crippen LogP contribution in [-0.4, -0.2) is 151 Å². The smallest absolute Gasteiger partial charge is 0.410 e. The van der Waals surface area contributed by atoms with Gasteiger partial charge in [-0.15, -0.1) is 0 Å². The number of carbonyl (C=O) groups excluding carboxylic acids is 5. The molecule has 2 radical (unpaired) electrons. The molecule has 5 amide bonds. The third-order valence-electron chi connectivity index (χ3n) is 11.1. The van der Waals surface area contributed by atoms with Crippen LogP contribution in [0, 0.1) is 0 Å². The van der Waals surface area contributed by atoms with E-state index >= 15 is 0 Å². The molecule has 4 aliphatic heterocycles. The highest BCUT2D eigenvalue weighted by atomic mass is 16.6. The molecule has 3 saturated heterocycles. The van der Waals surface area contributed by atoms with E-state index in [0.29, 0.717) is 70.8 Å². The number of carbonyl (C=O) groups is 5. The highest BCUT2D eigenvalue weighted by Gasteiger charge is 2.37. The average Bonchev–Trinajstić information content (AvgIpc) is 3.36. The number of esters is 1. The molecule has 0 unspecified atom stereocenters. The predicted octanol–water partition coefficient (Wildman–Crippen LogP) is 2.27. The zero-order chi connectivity index (χ0) is 38.2. The molecule has 14 nitrogen and oxygen atoms in total. The van der Waals surface area contributed by atoms with Crippen molar-refractivity contribution in [3.63, 3.8) is 0 Å². The Morgan fingerprint density at radius 1 is 0.852 bits per heavy atom. The first-order valence-corrected chi connectivity index (χ1v) is 19.2. The Balaban J connectivity index is 1.01. The van der Waals surface area contributed by atoms with E-state index in [-0.39, 0.29) is 66.4 Å². The molecule has 0 aromatic heterocycles. The lowest BCUT2D eigenvalue weighted by Crippen LogP contribution is -2.56. The maximum Gasteiger partial charge on any atom is 0.410 e. The van der Waals surface area contributed by atoms with Gasteiger partial charge >= 0.3 is 18.1 Å². The Hall–Kier alpha value is -4.79. The number of piperidine rings is 2. The summed E-state index contributed by atoms with van der Waals surface area (Å²) in [6.07, 6.45) is 2.10. The fourth-order valence-electron chi connectivity index (χ4n) is 8.01. The monoisotopic (exact) mass is 742 g/mol. The summed E-state index contributed by atoms with van der Waals surface area (Å²) in [6.45, 7) is 7.04. The van der Waals surface area contributed by atoms with Gasteiger partial charge in [-0.05, 0) is 62.3 Å². The molecule has 0 spiro atoms. The second-order valence-electron chi connectivity index (χ2n) is 14.5. The first kappa shape index (κ1) is 38.9. The average molecular weight is 743 g/mol. The number of hydrogen-bond donors (Lipinski definition) is 2. The lowest BCUT2D eigenvalue weighted by molar-refractivity contribution is -0.146. The van der Waals surface area contributed by atoms with E-state index in [4.69, 9.17) is 17.3 Å². The van der Waals surface area contributed by atoms with E-state index in [2.05, 4.69) is 10.2 Å². The lowest BCUT2D eigenvalue weighted by Gasteiger charge is -2.43. The van der Waals surface area contributed by atoms with E-state index in [0.717, 1.165) is 43.6 Å². The fraction of sp³-hybridized carbons (Fsp3) is 0.564. The number of amides is 5. The van der Waals surface area contributed by atoms with Crippen LogP contribution in [-0.2, 0) is 36.7 Å². The van der Waals surface area contributed by atoms with Crippen LogP contribution in [0.25, 0.3) is 0 Å². The van der Waals surface area contributed by atoms with Gasteiger partial charge < -0.3 is 39.5 Å². The molecule has 2 aromatic rings. The summed E-state index contributed by atoms with van der Waals surface area (Å²) >= 11 is 0. The first-order chi connectivity index (χ1) is 26.1. The van der Waals surface area contributed by atoms with Crippen LogP contribution in [0.15, 0.2) is 42.5 Å². The number of piperazine rings is 1. The van der Waals surface area contributed by atoms with Gasteiger partial charge in [0.2, 0.25) is 5.91 Å². The number of nitrogens with one attached hydrogen (secondary N) is 1. The van der Waals surface area contributed by atoms with Crippen LogP contribution in [0.4, 0.5) is 15.3 Å². The number of anilines is 1. The maximum absolute atomic E-state index is 14.1. The minimum atomic E-state index is -1.09. The molecule has 6 rings (SSSR count). The van der Waals surface area contributed by atoms with E-state index < -0.39 is 12.2 Å². The number of phenolic OH excluding ortho intramolecular Hbond substituents is 1. The second-order valence-corrected chi connectivity index (χ2v) is 14.5. The summed E-state index contributed by atoms with van der Waals surface area (Å²) < 4.78 is 10.9. The van der Waals surface area contributed by atoms with Crippen molar-refractivity contribution >= 4 is 48.9 Å². The van der Waals surface area contributed by atoms with Crippen molar-refractivity contribution < 1.29 is 38.6 Å². The molecule has 3 fully saturated rings. The quantitative estimate of drug-likeness (QED) is 0.276. The van der Waals surface area contributed by atoms with Crippen molar-refractivity contribution in [2.45, 2.75) is 76.5 Å². The molecule has 1 atom stereocenters. The van der Waals surface area contributed by atoms with E-state index in [1.807, 2.05) is 29.2 Å². The van der Waals surface area contributed by atoms with Gasteiger partial charge in [-0.25, -0.2) is 9.59 Å². The SMILES string of the molecule is [B]c1cc(C[C@@H](OC(=O)N2CCC(N3CCc4ccccc4NC3=O)CC2)C(=O)N2CCC(N3CCN(C(=O)CCC(=O)OCC)CC3)CC2)ccc1O. The largest absolute Gasteiger partial charge is 0.509 e. The van der Waals surface area contributed by atoms with Gasteiger partial charge in [0, 0.05) is 89.5 Å². The second kappa shape index (κ2) is 18.0. The molecular formula is C39H51BN6O8. The molecule has 0 bridgehead atoms.